The van der Waals surface area contributed by atoms with Gasteiger partial charge in [0.15, 0.2) is 0 Å². The smallest absolute Gasteiger partial charge is 0.233 e. The molecule has 0 aromatic heterocycles. The summed E-state index contributed by atoms with van der Waals surface area (Å²) in [5.41, 5.74) is 0. The molecule has 1 atom stereocenters. The van der Waals surface area contributed by atoms with Crippen LogP contribution in [0.15, 0.2) is 0 Å². The van der Waals surface area contributed by atoms with E-state index < -0.39 is 0 Å². The summed E-state index contributed by atoms with van der Waals surface area (Å²) in [6.45, 7) is 4.61. The molecule has 1 aliphatic rings. The van der Waals surface area contributed by atoms with Crippen molar-refractivity contribution in [3.8, 4) is 0 Å². The van der Waals surface area contributed by atoms with Crippen LogP contribution in [0.2, 0.25) is 0 Å². The zero-order chi connectivity index (χ0) is 9.52. The summed E-state index contributed by atoms with van der Waals surface area (Å²) in [6.07, 6.45) is 2.20. The topological polar surface area (TPSA) is 50.4 Å². The summed E-state index contributed by atoms with van der Waals surface area (Å²) in [7, 11) is 0. The number of amides is 1. The van der Waals surface area contributed by atoms with Gasteiger partial charge < -0.3 is 15.4 Å². The average Bonchev–Trinajstić information content (AvgIpc) is 2.17. The molecular formula is C9H18N2O2. The second kappa shape index (κ2) is 5.94. The number of hydrogen-bond acceptors (Lipinski definition) is 3. The molecule has 1 unspecified atom stereocenters. The van der Waals surface area contributed by atoms with Gasteiger partial charge in [0.1, 0.15) is 0 Å². The molecule has 1 saturated heterocycles. The highest BCUT2D eigenvalue weighted by Crippen LogP contribution is 2.04. The lowest BCUT2D eigenvalue weighted by molar-refractivity contribution is -0.120. The average molecular weight is 186 g/mol. The lowest BCUT2D eigenvalue weighted by Crippen LogP contribution is -2.42. The lowest BCUT2D eigenvalue weighted by atomic mass is 10.1. The Morgan fingerprint density at radius 3 is 3.08 bits per heavy atom. The monoisotopic (exact) mass is 186 g/mol. The molecule has 0 bridgehead atoms. The Morgan fingerprint density at radius 1 is 1.62 bits per heavy atom. The van der Waals surface area contributed by atoms with Gasteiger partial charge >= 0.3 is 0 Å². The largest absolute Gasteiger partial charge is 0.380 e. The fourth-order valence-electron chi connectivity index (χ4n) is 1.40. The van der Waals surface area contributed by atoms with Crippen LogP contribution in [0.25, 0.3) is 0 Å². The summed E-state index contributed by atoms with van der Waals surface area (Å²) in [5.74, 6) is 0.0630. The molecule has 1 heterocycles. The number of ether oxygens (including phenoxy) is 1. The Hall–Kier alpha value is -0.610. The molecule has 1 amide bonds. The van der Waals surface area contributed by atoms with Crippen LogP contribution in [-0.4, -0.2) is 38.3 Å². The predicted octanol–water partition coefficient (Wildman–Crippen LogP) is -0.109. The van der Waals surface area contributed by atoms with Crippen molar-refractivity contribution in [1.82, 2.24) is 10.6 Å². The number of carbonyl (C=O) groups is 1. The third-order valence-electron chi connectivity index (χ3n) is 2.09. The molecule has 0 aliphatic carbocycles. The summed E-state index contributed by atoms with van der Waals surface area (Å²) >= 11 is 0. The fraction of sp³-hybridized carbons (Fsp3) is 0.889. The van der Waals surface area contributed by atoms with Crippen molar-refractivity contribution in [1.29, 1.82) is 0 Å². The predicted molar refractivity (Wildman–Crippen MR) is 50.5 cm³/mol. The SMILES string of the molecule is CCNC(=O)CNC1CCCOC1. The quantitative estimate of drug-likeness (QED) is 0.644. The highest BCUT2D eigenvalue weighted by atomic mass is 16.5. The number of nitrogens with one attached hydrogen (secondary N) is 2. The van der Waals surface area contributed by atoms with Crippen LogP contribution >= 0.6 is 0 Å². The summed E-state index contributed by atoms with van der Waals surface area (Å²) in [5, 5.41) is 5.91. The normalized spacial score (nSPS) is 22.7. The Kier molecular flexibility index (Phi) is 4.78. The molecule has 0 radical (unpaired) electrons. The molecule has 76 valence electrons. The summed E-state index contributed by atoms with van der Waals surface area (Å²) in [4.78, 5) is 11.1. The van der Waals surface area contributed by atoms with Gasteiger partial charge in [-0.25, -0.2) is 0 Å². The Bertz CT molecular complexity index is 156. The summed E-state index contributed by atoms with van der Waals surface area (Å²) < 4.78 is 5.28. The van der Waals surface area contributed by atoms with E-state index in [0.29, 0.717) is 19.1 Å². The van der Waals surface area contributed by atoms with Crippen LogP contribution in [0.1, 0.15) is 19.8 Å². The van der Waals surface area contributed by atoms with Crippen LogP contribution in [-0.2, 0) is 9.53 Å². The molecule has 1 aliphatic heterocycles. The second-order valence-electron chi connectivity index (χ2n) is 3.25. The minimum Gasteiger partial charge on any atom is -0.380 e. The molecule has 13 heavy (non-hydrogen) atoms. The zero-order valence-electron chi connectivity index (χ0n) is 8.14. The van der Waals surface area contributed by atoms with E-state index in [4.69, 9.17) is 4.74 Å². The van der Waals surface area contributed by atoms with Crippen molar-refractivity contribution in [3.05, 3.63) is 0 Å². The highest BCUT2D eigenvalue weighted by Gasteiger charge is 2.13. The van der Waals surface area contributed by atoms with E-state index in [9.17, 15) is 4.79 Å². The molecule has 0 spiro atoms. The van der Waals surface area contributed by atoms with E-state index in [1.165, 1.54) is 0 Å². The molecule has 4 heteroatoms. The molecule has 1 rings (SSSR count). The first kappa shape index (κ1) is 10.5. The molecule has 0 aromatic carbocycles. The van der Waals surface area contributed by atoms with Gasteiger partial charge in [0.05, 0.1) is 13.2 Å². The van der Waals surface area contributed by atoms with E-state index in [1.807, 2.05) is 6.92 Å². The number of likely N-dealkylation sites (N-methyl/N-ethyl adjacent to an activating group) is 1. The first-order valence-electron chi connectivity index (χ1n) is 4.90. The van der Waals surface area contributed by atoms with Gasteiger partial charge in [-0.05, 0) is 19.8 Å². The number of carbonyl (C=O) groups excluding carboxylic acids is 1. The van der Waals surface area contributed by atoms with E-state index in [-0.39, 0.29) is 5.91 Å². The zero-order valence-corrected chi connectivity index (χ0v) is 8.14. The van der Waals surface area contributed by atoms with E-state index >= 15 is 0 Å². The van der Waals surface area contributed by atoms with E-state index in [0.717, 1.165) is 26.1 Å². The first-order chi connectivity index (χ1) is 6.33. The Morgan fingerprint density at radius 2 is 2.46 bits per heavy atom. The van der Waals surface area contributed by atoms with Gasteiger partial charge in [-0.1, -0.05) is 0 Å². The highest BCUT2D eigenvalue weighted by molar-refractivity contribution is 5.77. The van der Waals surface area contributed by atoms with Gasteiger partial charge in [0, 0.05) is 19.2 Å². The van der Waals surface area contributed by atoms with Gasteiger partial charge in [0.25, 0.3) is 0 Å². The maximum atomic E-state index is 11.1. The maximum Gasteiger partial charge on any atom is 0.233 e. The molecule has 1 fully saturated rings. The fourth-order valence-corrected chi connectivity index (χ4v) is 1.40. The van der Waals surface area contributed by atoms with Crippen molar-refractivity contribution in [2.45, 2.75) is 25.8 Å². The van der Waals surface area contributed by atoms with E-state index in [2.05, 4.69) is 10.6 Å². The van der Waals surface area contributed by atoms with Crippen molar-refractivity contribution < 1.29 is 9.53 Å². The Balaban J connectivity index is 2.06. The van der Waals surface area contributed by atoms with Crippen molar-refractivity contribution in [3.63, 3.8) is 0 Å². The lowest BCUT2D eigenvalue weighted by Gasteiger charge is -2.22. The van der Waals surface area contributed by atoms with Crippen molar-refractivity contribution >= 4 is 5.91 Å². The molecule has 2 N–H and O–H groups in total. The minimum atomic E-state index is 0.0630. The van der Waals surface area contributed by atoms with Crippen LogP contribution < -0.4 is 10.6 Å². The third-order valence-corrected chi connectivity index (χ3v) is 2.09. The molecular weight excluding hydrogens is 168 g/mol. The maximum absolute atomic E-state index is 11.1. The van der Waals surface area contributed by atoms with E-state index in [1.54, 1.807) is 0 Å². The standard InChI is InChI=1S/C9H18N2O2/c1-2-10-9(12)6-11-8-4-3-5-13-7-8/h8,11H,2-7H2,1H3,(H,10,12). The van der Waals surface area contributed by atoms with Gasteiger partial charge in [-0.3, -0.25) is 4.79 Å². The van der Waals surface area contributed by atoms with Gasteiger partial charge in [-0.15, -0.1) is 0 Å². The van der Waals surface area contributed by atoms with Crippen molar-refractivity contribution in [2.24, 2.45) is 0 Å². The number of hydrogen-bond donors (Lipinski definition) is 2. The van der Waals surface area contributed by atoms with Crippen molar-refractivity contribution in [2.75, 3.05) is 26.3 Å². The molecule has 0 saturated carbocycles. The third kappa shape index (κ3) is 4.24. The second-order valence-corrected chi connectivity index (χ2v) is 3.25. The number of rotatable bonds is 4. The van der Waals surface area contributed by atoms with Gasteiger partial charge in [-0.2, -0.15) is 0 Å². The van der Waals surface area contributed by atoms with Crippen LogP contribution in [0.3, 0.4) is 0 Å². The minimum absolute atomic E-state index is 0.0630. The first-order valence-corrected chi connectivity index (χ1v) is 4.90. The van der Waals surface area contributed by atoms with Crippen LogP contribution in [0, 0.1) is 0 Å². The van der Waals surface area contributed by atoms with Gasteiger partial charge in [0.2, 0.25) is 5.91 Å². The molecule has 4 nitrogen and oxygen atoms in total. The summed E-state index contributed by atoms with van der Waals surface area (Å²) in [6, 6.07) is 0.358. The van der Waals surface area contributed by atoms with Crippen LogP contribution in [0.5, 0.6) is 0 Å². The molecule has 0 aromatic rings. The van der Waals surface area contributed by atoms with Crippen LogP contribution in [0.4, 0.5) is 0 Å². The Labute approximate surface area is 79.0 Å².